The Labute approximate surface area is 194 Å². The number of carbonyl (C=O) groups is 2. The molecule has 2 aromatic heterocycles. The van der Waals surface area contributed by atoms with Crippen LogP contribution in [-0.2, 0) is 11.2 Å². The molecule has 1 atom stereocenters. The normalized spacial score (nSPS) is 17.9. The first-order valence-corrected chi connectivity index (χ1v) is 11.2. The van der Waals surface area contributed by atoms with Crippen LogP contribution in [0.25, 0.3) is 11.1 Å². The highest BCUT2D eigenvalue weighted by molar-refractivity contribution is 5.94. The van der Waals surface area contributed by atoms with Crippen molar-refractivity contribution in [3.8, 4) is 11.1 Å². The summed E-state index contributed by atoms with van der Waals surface area (Å²) in [4.78, 5) is 36.7. The monoisotopic (exact) mass is 440 g/mol. The minimum Gasteiger partial charge on any atom is -0.352 e. The summed E-state index contributed by atoms with van der Waals surface area (Å²) in [5.74, 6) is -0.137. The third-order valence-corrected chi connectivity index (χ3v) is 6.20. The number of hydrogen-bond acceptors (Lipinski definition) is 4. The van der Waals surface area contributed by atoms with Crippen molar-refractivity contribution < 1.29 is 9.59 Å². The fourth-order valence-corrected chi connectivity index (χ4v) is 4.59. The largest absolute Gasteiger partial charge is 0.352 e. The molecule has 3 heterocycles. The van der Waals surface area contributed by atoms with Crippen LogP contribution in [0, 0.1) is 5.41 Å². The van der Waals surface area contributed by atoms with Gasteiger partial charge in [0, 0.05) is 44.4 Å². The van der Waals surface area contributed by atoms with E-state index in [4.69, 9.17) is 0 Å². The summed E-state index contributed by atoms with van der Waals surface area (Å²) in [5.41, 5.74) is 3.01. The van der Waals surface area contributed by atoms with Crippen LogP contribution in [0.2, 0.25) is 0 Å². The van der Waals surface area contributed by atoms with E-state index in [0.717, 1.165) is 23.1 Å². The van der Waals surface area contributed by atoms with E-state index in [2.05, 4.69) is 34.0 Å². The molecule has 0 bridgehead atoms. The maximum Gasteiger partial charge on any atom is 0.255 e. The highest BCUT2D eigenvalue weighted by atomic mass is 16.2. The molecule has 0 spiro atoms. The number of likely N-dealkylation sites (tertiary alicyclic amines) is 1. The van der Waals surface area contributed by atoms with Gasteiger partial charge in [-0.25, -0.2) is 0 Å². The summed E-state index contributed by atoms with van der Waals surface area (Å²) in [7, 11) is 0. The van der Waals surface area contributed by atoms with Crippen molar-refractivity contribution in [3.63, 3.8) is 0 Å². The Morgan fingerprint density at radius 1 is 1.06 bits per heavy atom. The minimum atomic E-state index is -0.734. The number of rotatable bonds is 7. The first-order chi connectivity index (χ1) is 16.1. The lowest BCUT2D eigenvalue weighted by Crippen LogP contribution is -2.54. The van der Waals surface area contributed by atoms with Crippen LogP contribution in [0.4, 0.5) is 0 Å². The van der Waals surface area contributed by atoms with Crippen molar-refractivity contribution in [2.45, 2.75) is 19.3 Å². The van der Waals surface area contributed by atoms with E-state index in [1.54, 1.807) is 47.9 Å². The second kappa shape index (κ2) is 10.2. The van der Waals surface area contributed by atoms with Crippen LogP contribution in [0.5, 0.6) is 0 Å². The lowest BCUT2D eigenvalue weighted by molar-refractivity contribution is -0.133. The topological polar surface area (TPSA) is 75.2 Å². The van der Waals surface area contributed by atoms with Crippen molar-refractivity contribution in [3.05, 3.63) is 97.1 Å². The number of pyridine rings is 2. The standard InChI is InChI=1S/C27H28N4O2/c1-2-13-30-26(33)27(12-6-17-31(20-27)25(32)23-8-5-14-29-19-23)18-22-7-3-4-9-24(22)21-10-15-28-16-11-21/h2-5,7-11,14-16,19H,1,6,12-13,17-18,20H2,(H,30,33)/t27-/m1/s1. The number of benzene rings is 1. The number of aromatic nitrogens is 2. The van der Waals surface area contributed by atoms with Gasteiger partial charge in [0.15, 0.2) is 0 Å². The van der Waals surface area contributed by atoms with Gasteiger partial charge >= 0.3 is 0 Å². The summed E-state index contributed by atoms with van der Waals surface area (Å²) in [5, 5.41) is 3.00. The minimum absolute atomic E-state index is 0.0457. The molecule has 2 amide bonds. The van der Waals surface area contributed by atoms with Crippen LogP contribution in [0.3, 0.4) is 0 Å². The second-order valence-electron chi connectivity index (χ2n) is 8.42. The van der Waals surface area contributed by atoms with Gasteiger partial charge in [0.05, 0.1) is 11.0 Å². The van der Waals surface area contributed by atoms with Gasteiger partial charge in [0.2, 0.25) is 5.91 Å². The zero-order valence-electron chi connectivity index (χ0n) is 18.6. The van der Waals surface area contributed by atoms with Gasteiger partial charge in [0.1, 0.15) is 0 Å². The summed E-state index contributed by atoms with van der Waals surface area (Å²) in [6.07, 6.45) is 10.4. The summed E-state index contributed by atoms with van der Waals surface area (Å²) < 4.78 is 0. The Kier molecular flexibility index (Phi) is 6.93. The predicted octanol–water partition coefficient (Wildman–Crippen LogP) is 3.91. The highest BCUT2D eigenvalue weighted by Gasteiger charge is 2.43. The molecule has 1 fully saturated rings. The van der Waals surface area contributed by atoms with E-state index in [0.29, 0.717) is 38.0 Å². The molecule has 0 unspecified atom stereocenters. The Morgan fingerprint density at radius 3 is 2.64 bits per heavy atom. The number of amides is 2. The predicted molar refractivity (Wildman–Crippen MR) is 128 cm³/mol. The van der Waals surface area contributed by atoms with E-state index < -0.39 is 5.41 Å². The van der Waals surface area contributed by atoms with E-state index >= 15 is 0 Å². The third-order valence-electron chi connectivity index (χ3n) is 6.20. The van der Waals surface area contributed by atoms with Crippen molar-refractivity contribution >= 4 is 11.8 Å². The summed E-state index contributed by atoms with van der Waals surface area (Å²) in [6.45, 7) is 5.10. The number of nitrogens with one attached hydrogen (secondary N) is 1. The Balaban J connectivity index is 1.68. The van der Waals surface area contributed by atoms with Gasteiger partial charge in [-0.3, -0.25) is 19.6 Å². The fraction of sp³-hybridized carbons (Fsp3) is 0.259. The molecule has 1 aliphatic heterocycles. The number of hydrogen-bond donors (Lipinski definition) is 1. The average molecular weight is 441 g/mol. The lowest BCUT2D eigenvalue weighted by Gasteiger charge is -2.42. The van der Waals surface area contributed by atoms with E-state index in [1.807, 2.05) is 24.3 Å². The molecule has 33 heavy (non-hydrogen) atoms. The van der Waals surface area contributed by atoms with Gasteiger partial charge in [-0.1, -0.05) is 30.3 Å². The Hall–Kier alpha value is -3.80. The molecule has 6 nitrogen and oxygen atoms in total. The van der Waals surface area contributed by atoms with E-state index in [9.17, 15) is 9.59 Å². The first-order valence-electron chi connectivity index (χ1n) is 11.2. The van der Waals surface area contributed by atoms with Crippen LogP contribution < -0.4 is 5.32 Å². The van der Waals surface area contributed by atoms with Gasteiger partial charge in [-0.05, 0) is 60.2 Å². The molecular weight excluding hydrogens is 412 g/mol. The first kappa shape index (κ1) is 22.4. The Morgan fingerprint density at radius 2 is 1.88 bits per heavy atom. The molecule has 3 aromatic rings. The molecule has 4 rings (SSSR count). The smallest absolute Gasteiger partial charge is 0.255 e. The fourth-order valence-electron chi connectivity index (χ4n) is 4.59. The van der Waals surface area contributed by atoms with E-state index in [-0.39, 0.29) is 11.8 Å². The third kappa shape index (κ3) is 5.00. The molecule has 0 radical (unpaired) electrons. The molecule has 6 heteroatoms. The van der Waals surface area contributed by atoms with Crippen molar-refractivity contribution in [1.82, 2.24) is 20.2 Å². The number of carbonyl (C=O) groups excluding carboxylic acids is 2. The quantitative estimate of drug-likeness (QED) is 0.565. The van der Waals surface area contributed by atoms with Crippen LogP contribution in [-0.4, -0.2) is 46.3 Å². The Bertz CT molecular complexity index is 1120. The van der Waals surface area contributed by atoms with Gasteiger partial charge in [-0.15, -0.1) is 6.58 Å². The SMILES string of the molecule is C=CCNC(=O)[C@@]1(Cc2ccccc2-c2ccncc2)CCCN(C(=O)c2cccnc2)C1. The highest BCUT2D eigenvalue weighted by Crippen LogP contribution is 2.37. The van der Waals surface area contributed by atoms with Crippen LogP contribution in [0.15, 0.2) is 86.0 Å². The average Bonchev–Trinajstić information content (AvgIpc) is 2.88. The second-order valence-corrected chi connectivity index (χ2v) is 8.42. The number of nitrogens with zero attached hydrogens (tertiary/aromatic N) is 3. The molecule has 0 saturated carbocycles. The summed E-state index contributed by atoms with van der Waals surface area (Å²) in [6, 6.07) is 15.6. The van der Waals surface area contributed by atoms with Crippen LogP contribution in [0.1, 0.15) is 28.8 Å². The lowest BCUT2D eigenvalue weighted by atomic mass is 9.73. The maximum absolute atomic E-state index is 13.5. The maximum atomic E-state index is 13.5. The van der Waals surface area contributed by atoms with Gasteiger partial charge in [0.25, 0.3) is 5.91 Å². The van der Waals surface area contributed by atoms with Crippen molar-refractivity contribution in [2.24, 2.45) is 5.41 Å². The molecule has 1 aromatic carbocycles. The molecule has 168 valence electrons. The summed E-state index contributed by atoms with van der Waals surface area (Å²) >= 11 is 0. The molecule has 1 saturated heterocycles. The van der Waals surface area contributed by atoms with Gasteiger partial charge < -0.3 is 10.2 Å². The number of piperidine rings is 1. The molecule has 1 N–H and O–H groups in total. The van der Waals surface area contributed by atoms with Crippen LogP contribution >= 0.6 is 0 Å². The van der Waals surface area contributed by atoms with Gasteiger partial charge in [-0.2, -0.15) is 0 Å². The van der Waals surface area contributed by atoms with Crippen molar-refractivity contribution in [2.75, 3.05) is 19.6 Å². The van der Waals surface area contributed by atoms with E-state index in [1.165, 1.54) is 0 Å². The van der Waals surface area contributed by atoms with Crippen molar-refractivity contribution in [1.29, 1.82) is 0 Å². The molecule has 1 aliphatic rings. The molecule has 0 aliphatic carbocycles. The molecular formula is C27H28N4O2. The zero-order valence-corrected chi connectivity index (χ0v) is 18.6. The zero-order chi connectivity index (χ0) is 23.1.